The number of anilines is 1. The predicted octanol–water partition coefficient (Wildman–Crippen LogP) is 5.05. The molecule has 4 rings (SSSR count). The summed E-state index contributed by atoms with van der Waals surface area (Å²) < 4.78 is 38.8. The van der Waals surface area contributed by atoms with E-state index in [-0.39, 0.29) is 5.69 Å². The van der Waals surface area contributed by atoms with Crippen molar-refractivity contribution in [3.63, 3.8) is 0 Å². The summed E-state index contributed by atoms with van der Waals surface area (Å²) in [5.41, 5.74) is 2.97. The van der Waals surface area contributed by atoms with Crippen LogP contribution in [-0.2, 0) is 6.18 Å². The molecule has 0 spiro atoms. The average Bonchev–Trinajstić information content (AvgIpc) is 2.85. The van der Waals surface area contributed by atoms with Gasteiger partial charge in [-0.2, -0.15) is 23.5 Å². The number of rotatable bonds is 4. The second-order valence-electron chi connectivity index (χ2n) is 7.28. The molecule has 1 amide bonds. The van der Waals surface area contributed by atoms with Crippen LogP contribution in [0.4, 0.5) is 18.9 Å². The molecule has 0 radical (unpaired) electrons. The number of carbonyl (C=O) groups is 1. The summed E-state index contributed by atoms with van der Waals surface area (Å²) in [5, 5.41) is 18.4. The van der Waals surface area contributed by atoms with Gasteiger partial charge < -0.3 is 5.32 Å². The van der Waals surface area contributed by atoms with Crippen LogP contribution in [0.25, 0.3) is 22.4 Å². The van der Waals surface area contributed by atoms with Crippen molar-refractivity contribution in [2.75, 3.05) is 5.32 Å². The SMILES string of the molecule is Cc1ccc(NC(=O)c2cc(C(F)(F)F)cnn2)cc1-c1ccnc(-c2ccnc(C#N)c2)c1. The zero-order chi connectivity index (χ0) is 24.3. The maximum absolute atomic E-state index is 12.9. The Morgan fingerprint density at radius 2 is 1.76 bits per heavy atom. The molecule has 10 heteroatoms. The molecule has 0 bridgehead atoms. The van der Waals surface area contributed by atoms with Crippen LogP contribution in [0.2, 0.25) is 0 Å². The van der Waals surface area contributed by atoms with Crippen molar-refractivity contribution in [3.05, 3.63) is 89.6 Å². The minimum atomic E-state index is -4.64. The van der Waals surface area contributed by atoms with Crippen LogP contribution in [0, 0.1) is 18.3 Å². The van der Waals surface area contributed by atoms with Crippen LogP contribution in [0.15, 0.2) is 67.1 Å². The number of nitrogens with zero attached hydrogens (tertiary/aromatic N) is 5. The highest BCUT2D eigenvalue weighted by molar-refractivity contribution is 6.03. The third kappa shape index (κ3) is 4.88. The van der Waals surface area contributed by atoms with Crippen molar-refractivity contribution in [2.24, 2.45) is 0 Å². The first-order chi connectivity index (χ1) is 16.2. The maximum atomic E-state index is 12.9. The van der Waals surface area contributed by atoms with E-state index in [1.165, 1.54) is 6.20 Å². The van der Waals surface area contributed by atoms with Gasteiger partial charge in [0.05, 0.1) is 17.5 Å². The molecule has 0 aliphatic carbocycles. The van der Waals surface area contributed by atoms with E-state index in [0.717, 1.165) is 22.3 Å². The summed E-state index contributed by atoms with van der Waals surface area (Å²) >= 11 is 0. The zero-order valence-electron chi connectivity index (χ0n) is 17.6. The molecule has 1 N–H and O–H groups in total. The summed E-state index contributed by atoms with van der Waals surface area (Å²) in [6.45, 7) is 1.89. The molecular weight excluding hydrogens is 445 g/mol. The summed E-state index contributed by atoms with van der Waals surface area (Å²) in [5.74, 6) is -0.815. The minimum Gasteiger partial charge on any atom is -0.321 e. The number of pyridine rings is 2. The third-order valence-corrected chi connectivity index (χ3v) is 4.95. The Labute approximate surface area is 192 Å². The molecule has 7 nitrogen and oxygen atoms in total. The second-order valence-corrected chi connectivity index (χ2v) is 7.28. The Hall–Kier alpha value is -4.65. The molecule has 4 aromatic rings. The van der Waals surface area contributed by atoms with Gasteiger partial charge in [-0.1, -0.05) is 6.07 Å². The first-order valence-electron chi connectivity index (χ1n) is 9.89. The lowest BCUT2D eigenvalue weighted by Crippen LogP contribution is -2.16. The number of nitriles is 1. The Morgan fingerprint density at radius 1 is 1.00 bits per heavy atom. The summed E-state index contributed by atoms with van der Waals surface area (Å²) in [6, 6.07) is 14.8. The molecule has 168 valence electrons. The maximum Gasteiger partial charge on any atom is 0.418 e. The topological polar surface area (TPSA) is 104 Å². The Bertz CT molecular complexity index is 1430. The number of aromatic nitrogens is 4. The fourth-order valence-electron chi connectivity index (χ4n) is 3.25. The van der Waals surface area contributed by atoms with Gasteiger partial charge in [-0.3, -0.25) is 9.78 Å². The van der Waals surface area contributed by atoms with Crippen molar-refractivity contribution in [2.45, 2.75) is 13.1 Å². The van der Waals surface area contributed by atoms with Gasteiger partial charge in [0.2, 0.25) is 0 Å². The standard InChI is InChI=1S/C24H15F3N6O/c1-14-2-3-18(32-23(34)22-10-17(13-31-33-22)24(25,26)27)11-20(14)15-4-7-30-21(9-15)16-5-6-29-19(8-16)12-28/h2-11,13H,1H3,(H,32,34). The molecular formula is C24H15F3N6O. The van der Waals surface area contributed by atoms with Gasteiger partial charge in [0.1, 0.15) is 11.8 Å². The minimum absolute atomic E-state index is 0.267. The van der Waals surface area contributed by atoms with Gasteiger partial charge in [0, 0.05) is 23.6 Å². The van der Waals surface area contributed by atoms with Gasteiger partial charge in [0.25, 0.3) is 5.91 Å². The second kappa shape index (κ2) is 9.07. The number of amides is 1. The molecule has 1 aromatic carbocycles. The van der Waals surface area contributed by atoms with Crippen molar-refractivity contribution in [3.8, 4) is 28.5 Å². The van der Waals surface area contributed by atoms with E-state index in [0.29, 0.717) is 23.6 Å². The molecule has 3 aromatic heterocycles. The number of carbonyl (C=O) groups excluding carboxylic acids is 1. The van der Waals surface area contributed by atoms with Gasteiger partial charge in [-0.25, -0.2) is 4.98 Å². The lowest BCUT2D eigenvalue weighted by atomic mass is 9.99. The molecule has 0 unspecified atom stereocenters. The molecule has 0 atom stereocenters. The van der Waals surface area contributed by atoms with E-state index < -0.39 is 23.3 Å². The number of nitrogens with one attached hydrogen (secondary N) is 1. The average molecular weight is 460 g/mol. The van der Waals surface area contributed by atoms with E-state index in [2.05, 4.69) is 25.5 Å². The highest BCUT2D eigenvalue weighted by Gasteiger charge is 2.32. The van der Waals surface area contributed by atoms with Crippen molar-refractivity contribution in [1.82, 2.24) is 20.2 Å². The Morgan fingerprint density at radius 3 is 2.53 bits per heavy atom. The van der Waals surface area contributed by atoms with E-state index in [9.17, 15) is 18.0 Å². The van der Waals surface area contributed by atoms with Crippen molar-refractivity contribution in [1.29, 1.82) is 5.26 Å². The fraction of sp³-hybridized carbons (Fsp3) is 0.0833. The Kier molecular flexibility index (Phi) is 6.01. The third-order valence-electron chi connectivity index (χ3n) is 4.95. The molecule has 3 heterocycles. The van der Waals surface area contributed by atoms with Crippen LogP contribution in [0.5, 0.6) is 0 Å². The molecule has 0 aliphatic heterocycles. The molecule has 0 fully saturated rings. The molecule has 0 saturated carbocycles. The van der Waals surface area contributed by atoms with Gasteiger partial charge in [-0.05, 0) is 66.1 Å². The fourth-order valence-corrected chi connectivity index (χ4v) is 3.25. The lowest BCUT2D eigenvalue weighted by Gasteiger charge is -2.12. The summed E-state index contributed by atoms with van der Waals surface area (Å²) in [6.07, 6.45) is -0.922. The van der Waals surface area contributed by atoms with Gasteiger partial charge in [-0.15, -0.1) is 5.10 Å². The number of hydrogen-bond donors (Lipinski definition) is 1. The highest BCUT2D eigenvalue weighted by atomic mass is 19.4. The molecule has 34 heavy (non-hydrogen) atoms. The van der Waals surface area contributed by atoms with E-state index in [1.807, 2.05) is 19.1 Å². The molecule has 0 saturated heterocycles. The van der Waals surface area contributed by atoms with E-state index >= 15 is 0 Å². The van der Waals surface area contributed by atoms with Crippen LogP contribution in [0.1, 0.15) is 27.3 Å². The zero-order valence-corrected chi connectivity index (χ0v) is 17.6. The number of benzene rings is 1. The summed E-state index contributed by atoms with van der Waals surface area (Å²) in [7, 11) is 0. The number of alkyl halides is 3. The Balaban J connectivity index is 1.63. The predicted molar refractivity (Wildman–Crippen MR) is 117 cm³/mol. The number of hydrogen-bond acceptors (Lipinski definition) is 6. The monoisotopic (exact) mass is 460 g/mol. The lowest BCUT2D eigenvalue weighted by molar-refractivity contribution is -0.137. The first-order valence-corrected chi connectivity index (χ1v) is 9.89. The number of halogens is 3. The van der Waals surface area contributed by atoms with E-state index in [1.54, 1.807) is 42.6 Å². The van der Waals surface area contributed by atoms with Gasteiger partial charge >= 0.3 is 6.18 Å². The largest absolute Gasteiger partial charge is 0.418 e. The quantitative estimate of drug-likeness (QED) is 0.457. The first kappa shape index (κ1) is 22.5. The van der Waals surface area contributed by atoms with Gasteiger partial charge in [0.15, 0.2) is 5.69 Å². The highest BCUT2D eigenvalue weighted by Crippen LogP contribution is 2.30. The van der Waals surface area contributed by atoms with Crippen LogP contribution >= 0.6 is 0 Å². The molecule has 0 aliphatic rings. The van der Waals surface area contributed by atoms with Crippen LogP contribution in [0.3, 0.4) is 0 Å². The van der Waals surface area contributed by atoms with Crippen LogP contribution in [-0.4, -0.2) is 26.1 Å². The number of aryl methyl sites for hydroxylation is 1. The van der Waals surface area contributed by atoms with Crippen molar-refractivity contribution >= 4 is 11.6 Å². The summed E-state index contributed by atoms with van der Waals surface area (Å²) in [4.78, 5) is 20.8. The van der Waals surface area contributed by atoms with E-state index in [4.69, 9.17) is 5.26 Å². The van der Waals surface area contributed by atoms with Crippen molar-refractivity contribution < 1.29 is 18.0 Å². The normalized spacial score (nSPS) is 11.0. The smallest absolute Gasteiger partial charge is 0.321 e. The van der Waals surface area contributed by atoms with Crippen LogP contribution < -0.4 is 5.32 Å².